The lowest BCUT2D eigenvalue weighted by Crippen LogP contribution is -2.52. The molecule has 1 saturated carbocycles. The van der Waals surface area contributed by atoms with Crippen molar-refractivity contribution >= 4 is 16.9 Å². The molecule has 2 atom stereocenters. The molecular formula is C31H32F2N4O3. The van der Waals surface area contributed by atoms with Crippen molar-refractivity contribution in [2.75, 3.05) is 13.1 Å². The minimum atomic E-state index is -2.79. The summed E-state index contributed by atoms with van der Waals surface area (Å²) >= 11 is 0. The van der Waals surface area contributed by atoms with Crippen LogP contribution in [0.15, 0.2) is 84.0 Å². The Morgan fingerprint density at radius 1 is 0.975 bits per heavy atom. The van der Waals surface area contributed by atoms with Crippen molar-refractivity contribution in [2.45, 2.75) is 56.1 Å². The summed E-state index contributed by atoms with van der Waals surface area (Å²) in [4.78, 5) is 33.0. The molecule has 1 amide bonds. The predicted octanol–water partition coefficient (Wildman–Crippen LogP) is 4.76. The number of aliphatic hydroxyl groups is 1. The Kier molecular flexibility index (Phi) is 6.78. The topological polar surface area (TPSA) is 80.4 Å². The molecule has 7 nitrogen and oxygen atoms in total. The van der Waals surface area contributed by atoms with Gasteiger partial charge in [0.1, 0.15) is 6.33 Å². The number of fused-ring (bicyclic) bond motifs is 1. The number of para-hydroxylation sites is 1. The third-order valence-electron chi connectivity index (χ3n) is 8.55. The average molecular weight is 547 g/mol. The van der Waals surface area contributed by atoms with E-state index in [0.717, 1.165) is 11.3 Å². The van der Waals surface area contributed by atoms with E-state index in [2.05, 4.69) is 4.98 Å². The van der Waals surface area contributed by atoms with Crippen molar-refractivity contribution in [1.29, 1.82) is 0 Å². The standard InChI is InChI=1S/C31H32F2N4O3/c32-31(33)13-11-24(26(19-31)22-7-3-1-4-8-22)28(38)35-17-14-30(40,15-18-35)20-36-21-34-27-25(29(36)39)12-16-37(27)23-9-5-2-6-10-23/h1-10,12,16,21,24,26,40H,11,13-15,17-20H2/t24-,26+/m0/s1. The molecule has 9 heteroatoms. The number of likely N-dealkylation sites (tertiary alicyclic amines) is 1. The first kappa shape index (κ1) is 26.4. The third kappa shape index (κ3) is 5.06. The first-order valence-corrected chi connectivity index (χ1v) is 13.8. The zero-order valence-electron chi connectivity index (χ0n) is 22.1. The van der Waals surface area contributed by atoms with E-state index in [1.807, 2.05) is 65.2 Å². The van der Waals surface area contributed by atoms with Crippen molar-refractivity contribution in [3.05, 3.63) is 95.2 Å². The van der Waals surface area contributed by atoms with E-state index in [9.17, 15) is 23.5 Å². The molecule has 6 rings (SSSR count). The number of amides is 1. The fourth-order valence-electron chi connectivity index (χ4n) is 6.30. The van der Waals surface area contributed by atoms with Gasteiger partial charge in [-0.2, -0.15) is 0 Å². The molecular weight excluding hydrogens is 514 g/mol. The fraction of sp³-hybridized carbons (Fsp3) is 0.387. The van der Waals surface area contributed by atoms with Crippen LogP contribution in [-0.2, 0) is 11.3 Å². The van der Waals surface area contributed by atoms with Crippen LogP contribution in [0.2, 0.25) is 0 Å². The van der Waals surface area contributed by atoms with Gasteiger partial charge in [-0.1, -0.05) is 48.5 Å². The summed E-state index contributed by atoms with van der Waals surface area (Å²) in [5.74, 6) is -3.98. The summed E-state index contributed by atoms with van der Waals surface area (Å²) < 4.78 is 32.0. The Morgan fingerprint density at radius 3 is 2.35 bits per heavy atom. The number of carbonyl (C=O) groups excluding carboxylic acids is 1. The van der Waals surface area contributed by atoms with E-state index in [1.54, 1.807) is 17.2 Å². The highest BCUT2D eigenvalue weighted by molar-refractivity contribution is 5.80. The molecule has 2 aromatic heterocycles. The number of carbonyl (C=O) groups is 1. The van der Waals surface area contributed by atoms with Crippen molar-refractivity contribution in [3.8, 4) is 5.69 Å². The van der Waals surface area contributed by atoms with Crippen LogP contribution in [0.4, 0.5) is 8.78 Å². The molecule has 0 radical (unpaired) electrons. The van der Waals surface area contributed by atoms with Crippen LogP contribution in [0.1, 0.15) is 43.6 Å². The normalized spacial score (nSPS) is 22.3. The lowest BCUT2D eigenvalue weighted by molar-refractivity contribution is -0.145. The number of nitrogens with zero attached hydrogens (tertiary/aromatic N) is 4. The number of hydrogen-bond acceptors (Lipinski definition) is 4. The van der Waals surface area contributed by atoms with Crippen LogP contribution in [0.3, 0.4) is 0 Å². The lowest BCUT2D eigenvalue weighted by atomic mass is 9.73. The summed E-state index contributed by atoms with van der Waals surface area (Å²) in [6, 6.07) is 20.5. The first-order chi connectivity index (χ1) is 19.2. The van der Waals surface area contributed by atoms with Crippen molar-refractivity contribution < 1.29 is 18.7 Å². The second-order valence-electron chi connectivity index (χ2n) is 11.2. The maximum atomic E-state index is 14.4. The smallest absolute Gasteiger partial charge is 0.262 e. The van der Waals surface area contributed by atoms with Gasteiger partial charge in [-0.3, -0.25) is 14.2 Å². The number of benzene rings is 2. The minimum Gasteiger partial charge on any atom is -0.388 e. The van der Waals surface area contributed by atoms with Crippen molar-refractivity contribution in [1.82, 2.24) is 19.0 Å². The molecule has 4 aromatic rings. The molecule has 0 unspecified atom stereocenters. The van der Waals surface area contributed by atoms with E-state index in [1.165, 1.54) is 10.9 Å². The molecule has 1 N–H and O–H groups in total. The van der Waals surface area contributed by atoms with E-state index >= 15 is 0 Å². The zero-order valence-corrected chi connectivity index (χ0v) is 22.1. The second-order valence-corrected chi connectivity index (χ2v) is 11.2. The van der Waals surface area contributed by atoms with Crippen LogP contribution < -0.4 is 5.56 Å². The van der Waals surface area contributed by atoms with Crippen LogP contribution in [0, 0.1) is 5.92 Å². The Labute approximate surface area is 230 Å². The molecule has 1 aliphatic heterocycles. The molecule has 2 fully saturated rings. The highest BCUT2D eigenvalue weighted by Gasteiger charge is 2.46. The Bertz CT molecular complexity index is 1560. The van der Waals surface area contributed by atoms with E-state index in [0.29, 0.717) is 24.1 Å². The Hall–Kier alpha value is -3.85. The molecule has 3 heterocycles. The second kappa shape index (κ2) is 10.3. The van der Waals surface area contributed by atoms with E-state index in [-0.39, 0.29) is 50.1 Å². The van der Waals surface area contributed by atoms with Gasteiger partial charge < -0.3 is 14.6 Å². The number of aromatic nitrogens is 3. The van der Waals surface area contributed by atoms with Gasteiger partial charge >= 0.3 is 0 Å². The van der Waals surface area contributed by atoms with E-state index < -0.39 is 23.4 Å². The highest BCUT2D eigenvalue weighted by atomic mass is 19.3. The zero-order chi connectivity index (χ0) is 27.9. The maximum absolute atomic E-state index is 14.4. The molecule has 0 bridgehead atoms. The minimum absolute atomic E-state index is 0.0651. The summed E-state index contributed by atoms with van der Waals surface area (Å²) in [7, 11) is 0. The Morgan fingerprint density at radius 2 is 1.65 bits per heavy atom. The van der Waals surface area contributed by atoms with Gasteiger partial charge in [0.15, 0.2) is 5.65 Å². The van der Waals surface area contributed by atoms with Gasteiger partial charge in [0.25, 0.3) is 5.56 Å². The van der Waals surface area contributed by atoms with Gasteiger partial charge in [-0.15, -0.1) is 0 Å². The SMILES string of the molecule is O=C([C@H]1CCC(F)(F)C[C@@H]1c1ccccc1)N1CCC(O)(Cn2cnc3c(ccn3-c3ccccc3)c2=O)CC1. The number of alkyl halides is 2. The first-order valence-electron chi connectivity index (χ1n) is 13.8. The summed E-state index contributed by atoms with van der Waals surface area (Å²) in [6.07, 6.45) is 3.34. The predicted molar refractivity (Wildman–Crippen MR) is 148 cm³/mol. The summed E-state index contributed by atoms with van der Waals surface area (Å²) in [6.45, 7) is 0.673. The quantitative estimate of drug-likeness (QED) is 0.392. The summed E-state index contributed by atoms with van der Waals surface area (Å²) in [5, 5.41) is 11.8. The lowest BCUT2D eigenvalue weighted by Gasteiger charge is -2.42. The molecule has 0 spiro atoms. The van der Waals surface area contributed by atoms with Crippen molar-refractivity contribution in [3.63, 3.8) is 0 Å². The summed E-state index contributed by atoms with van der Waals surface area (Å²) in [5.41, 5.74) is 0.786. The monoisotopic (exact) mass is 546 g/mol. The number of piperidine rings is 1. The fourth-order valence-corrected chi connectivity index (χ4v) is 6.30. The number of halogens is 2. The van der Waals surface area contributed by atoms with Gasteiger partial charge in [-0.25, -0.2) is 13.8 Å². The maximum Gasteiger partial charge on any atom is 0.262 e. The molecule has 1 aliphatic carbocycles. The Balaban J connectivity index is 1.15. The number of hydrogen-bond donors (Lipinski definition) is 1. The molecule has 2 aliphatic rings. The van der Waals surface area contributed by atoms with Crippen LogP contribution >= 0.6 is 0 Å². The third-order valence-corrected chi connectivity index (χ3v) is 8.55. The molecule has 2 aromatic carbocycles. The van der Waals surface area contributed by atoms with Gasteiger partial charge in [-0.05, 0) is 43.0 Å². The molecule has 40 heavy (non-hydrogen) atoms. The van der Waals surface area contributed by atoms with Gasteiger partial charge in [0.2, 0.25) is 11.8 Å². The number of rotatable bonds is 5. The van der Waals surface area contributed by atoms with E-state index in [4.69, 9.17) is 0 Å². The highest BCUT2D eigenvalue weighted by Crippen LogP contribution is 2.46. The van der Waals surface area contributed by atoms with Crippen LogP contribution in [-0.4, -0.2) is 54.6 Å². The molecule has 1 saturated heterocycles. The average Bonchev–Trinajstić information content (AvgIpc) is 3.40. The van der Waals surface area contributed by atoms with Crippen LogP contribution in [0.5, 0.6) is 0 Å². The van der Waals surface area contributed by atoms with Gasteiger partial charge in [0.05, 0.1) is 17.5 Å². The van der Waals surface area contributed by atoms with Crippen LogP contribution in [0.25, 0.3) is 16.7 Å². The largest absolute Gasteiger partial charge is 0.388 e. The van der Waals surface area contributed by atoms with Gasteiger partial charge in [0, 0.05) is 49.7 Å². The van der Waals surface area contributed by atoms with Crippen molar-refractivity contribution in [2.24, 2.45) is 5.92 Å². The molecule has 208 valence electrons.